The van der Waals surface area contributed by atoms with E-state index in [1.54, 1.807) is 0 Å². The van der Waals surface area contributed by atoms with Crippen LogP contribution in [0.25, 0.3) is 0 Å². The molecule has 0 spiro atoms. The fourth-order valence-corrected chi connectivity index (χ4v) is 4.17. The topological polar surface area (TPSA) is 15.3 Å². The van der Waals surface area contributed by atoms with Gasteiger partial charge in [0.25, 0.3) is 0 Å². The van der Waals surface area contributed by atoms with Crippen LogP contribution in [0.1, 0.15) is 47.0 Å². The van der Waals surface area contributed by atoms with E-state index in [4.69, 9.17) is 0 Å². The lowest BCUT2D eigenvalue weighted by Crippen LogP contribution is -2.48. The van der Waals surface area contributed by atoms with Crippen LogP contribution in [0.3, 0.4) is 0 Å². The van der Waals surface area contributed by atoms with Crippen LogP contribution in [0.4, 0.5) is 0 Å². The molecule has 5 atom stereocenters. The second-order valence-corrected chi connectivity index (χ2v) is 6.99. The Kier molecular flexibility index (Phi) is 5.08. The number of rotatable bonds is 2. The molecule has 1 aliphatic carbocycles. The minimum absolute atomic E-state index is 0.797. The first-order chi connectivity index (χ1) is 8.61. The smallest absolute Gasteiger partial charge is 0.0124 e. The lowest BCUT2D eigenvalue weighted by atomic mass is 9.91. The monoisotopic (exact) mass is 252 g/mol. The van der Waals surface area contributed by atoms with E-state index in [0.717, 1.165) is 29.7 Å². The minimum atomic E-state index is 0.797. The van der Waals surface area contributed by atoms with Gasteiger partial charge in [-0.1, -0.05) is 34.1 Å². The third kappa shape index (κ3) is 3.27. The van der Waals surface area contributed by atoms with Gasteiger partial charge >= 0.3 is 0 Å². The van der Waals surface area contributed by atoms with Crippen molar-refractivity contribution >= 4 is 0 Å². The molecule has 2 nitrogen and oxygen atoms in total. The van der Waals surface area contributed by atoms with Crippen LogP contribution in [-0.4, -0.2) is 37.1 Å². The van der Waals surface area contributed by atoms with E-state index < -0.39 is 0 Å². The van der Waals surface area contributed by atoms with E-state index >= 15 is 0 Å². The maximum absolute atomic E-state index is 3.60. The summed E-state index contributed by atoms with van der Waals surface area (Å²) >= 11 is 0. The molecule has 0 aromatic heterocycles. The molecule has 1 aliphatic heterocycles. The van der Waals surface area contributed by atoms with E-state index in [0.29, 0.717) is 0 Å². The highest BCUT2D eigenvalue weighted by Crippen LogP contribution is 2.37. The van der Waals surface area contributed by atoms with Crippen LogP contribution in [0.15, 0.2) is 0 Å². The Morgan fingerprint density at radius 3 is 2.11 bits per heavy atom. The van der Waals surface area contributed by atoms with Gasteiger partial charge in [0.05, 0.1) is 0 Å². The molecular weight excluding hydrogens is 220 g/mol. The highest BCUT2D eigenvalue weighted by Gasteiger charge is 2.36. The Morgan fingerprint density at radius 2 is 1.61 bits per heavy atom. The molecule has 0 bridgehead atoms. The zero-order chi connectivity index (χ0) is 13.1. The molecule has 1 N–H and O–H groups in total. The average molecular weight is 252 g/mol. The van der Waals surface area contributed by atoms with Gasteiger partial charge in [0.1, 0.15) is 0 Å². The summed E-state index contributed by atoms with van der Waals surface area (Å²) in [5.74, 6) is 3.47. The molecular formula is C16H32N2. The van der Waals surface area contributed by atoms with Crippen molar-refractivity contribution in [2.45, 2.75) is 53.0 Å². The summed E-state index contributed by atoms with van der Waals surface area (Å²) in [4.78, 5) is 2.83. The molecule has 2 aliphatic rings. The van der Waals surface area contributed by atoms with E-state index in [2.05, 4.69) is 37.9 Å². The Labute approximate surface area is 114 Å². The highest BCUT2D eigenvalue weighted by molar-refractivity contribution is 4.90. The lowest BCUT2D eigenvalue weighted by molar-refractivity contribution is 0.105. The van der Waals surface area contributed by atoms with E-state index in [1.165, 1.54) is 45.4 Å². The first-order valence-corrected chi connectivity index (χ1v) is 8.06. The second kappa shape index (κ2) is 6.38. The molecule has 1 saturated carbocycles. The van der Waals surface area contributed by atoms with Gasteiger partial charge in [-0.05, 0) is 49.6 Å². The molecule has 1 heterocycles. The van der Waals surface area contributed by atoms with Crippen molar-refractivity contribution in [3.63, 3.8) is 0 Å². The van der Waals surface area contributed by atoms with Crippen molar-refractivity contribution < 1.29 is 0 Å². The second-order valence-electron chi connectivity index (χ2n) is 6.99. The van der Waals surface area contributed by atoms with Crippen LogP contribution in [-0.2, 0) is 0 Å². The summed E-state index contributed by atoms with van der Waals surface area (Å²) in [6.45, 7) is 14.6. The third-order valence-electron chi connectivity index (χ3n) is 5.26. The quantitative estimate of drug-likeness (QED) is 0.813. The molecule has 2 fully saturated rings. The van der Waals surface area contributed by atoms with Crippen LogP contribution in [0, 0.1) is 23.7 Å². The van der Waals surface area contributed by atoms with Gasteiger partial charge in [-0.25, -0.2) is 0 Å². The first kappa shape index (κ1) is 14.3. The molecule has 0 aromatic rings. The molecule has 0 radical (unpaired) electrons. The van der Waals surface area contributed by atoms with Gasteiger partial charge in [0.2, 0.25) is 0 Å². The van der Waals surface area contributed by atoms with Gasteiger partial charge in [-0.15, -0.1) is 0 Å². The molecule has 18 heavy (non-hydrogen) atoms. The summed E-state index contributed by atoms with van der Waals surface area (Å²) in [6, 6.07) is 0.859. The summed E-state index contributed by atoms with van der Waals surface area (Å²) in [5, 5.41) is 3.60. The lowest BCUT2D eigenvalue weighted by Gasteiger charge is -2.38. The molecule has 5 unspecified atom stereocenters. The van der Waals surface area contributed by atoms with E-state index in [9.17, 15) is 0 Å². The van der Waals surface area contributed by atoms with Gasteiger partial charge in [-0.3, -0.25) is 4.90 Å². The van der Waals surface area contributed by atoms with Crippen molar-refractivity contribution in [2.75, 3.05) is 26.2 Å². The van der Waals surface area contributed by atoms with Crippen LogP contribution < -0.4 is 5.32 Å². The molecule has 106 valence electrons. The van der Waals surface area contributed by atoms with Crippen LogP contribution >= 0.6 is 0 Å². The van der Waals surface area contributed by atoms with Crippen LogP contribution in [0.2, 0.25) is 0 Å². The van der Waals surface area contributed by atoms with Gasteiger partial charge < -0.3 is 5.32 Å². The van der Waals surface area contributed by atoms with Gasteiger partial charge in [0.15, 0.2) is 0 Å². The van der Waals surface area contributed by atoms with Crippen molar-refractivity contribution in [3.05, 3.63) is 0 Å². The molecule has 2 heteroatoms. The average Bonchev–Trinajstić information content (AvgIpc) is 2.67. The van der Waals surface area contributed by atoms with Crippen LogP contribution in [0.5, 0.6) is 0 Å². The predicted octanol–water partition coefficient (Wildman–Crippen LogP) is 2.99. The minimum Gasteiger partial charge on any atom is -0.316 e. The summed E-state index contributed by atoms with van der Waals surface area (Å²) in [7, 11) is 0. The fourth-order valence-electron chi connectivity index (χ4n) is 4.17. The Balaban J connectivity index is 2.00. The van der Waals surface area contributed by atoms with Crippen molar-refractivity contribution in [3.8, 4) is 0 Å². The normalized spacial score (nSPS) is 43.7. The summed E-state index contributed by atoms with van der Waals surface area (Å²) in [6.07, 6.45) is 4.27. The molecule has 0 amide bonds. The van der Waals surface area contributed by atoms with Crippen molar-refractivity contribution in [2.24, 2.45) is 23.7 Å². The Bertz CT molecular complexity index is 241. The zero-order valence-electron chi connectivity index (χ0n) is 12.8. The standard InChI is InChI=1S/C16H32N2/c1-5-15-6-7-16(14(15)4)18-10-12(2)8-17-9-13(3)11-18/h12-17H,5-11H2,1-4H3. The predicted molar refractivity (Wildman–Crippen MR) is 78.7 cm³/mol. The number of hydrogen-bond donors (Lipinski definition) is 1. The van der Waals surface area contributed by atoms with E-state index in [-0.39, 0.29) is 0 Å². The fraction of sp³-hybridized carbons (Fsp3) is 1.00. The maximum atomic E-state index is 3.60. The van der Waals surface area contributed by atoms with Crippen molar-refractivity contribution in [1.29, 1.82) is 0 Å². The largest absolute Gasteiger partial charge is 0.316 e. The number of hydrogen-bond acceptors (Lipinski definition) is 2. The first-order valence-electron chi connectivity index (χ1n) is 8.06. The molecule has 0 aromatic carbocycles. The summed E-state index contributed by atoms with van der Waals surface area (Å²) in [5.41, 5.74) is 0. The Morgan fingerprint density at radius 1 is 1.00 bits per heavy atom. The van der Waals surface area contributed by atoms with Gasteiger partial charge in [0, 0.05) is 19.1 Å². The number of nitrogens with one attached hydrogen (secondary N) is 1. The third-order valence-corrected chi connectivity index (χ3v) is 5.26. The van der Waals surface area contributed by atoms with Crippen molar-refractivity contribution in [1.82, 2.24) is 10.2 Å². The van der Waals surface area contributed by atoms with Gasteiger partial charge in [-0.2, -0.15) is 0 Å². The highest BCUT2D eigenvalue weighted by atomic mass is 15.2. The molecule has 1 saturated heterocycles. The summed E-state index contributed by atoms with van der Waals surface area (Å²) < 4.78 is 0. The number of nitrogens with zero attached hydrogens (tertiary/aromatic N) is 1. The Hall–Kier alpha value is -0.0800. The molecule has 2 rings (SSSR count). The maximum Gasteiger partial charge on any atom is 0.0124 e. The SMILES string of the molecule is CCC1CCC(N2CC(C)CNCC(C)C2)C1C. The zero-order valence-corrected chi connectivity index (χ0v) is 12.8. The van der Waals surface area contributed by atoms with E-state index in [1.807, 2.05) is 0 Å².